The molecule has 2 aromatic rings. The van der Waals surface area contributed by atoms with Crippen LogP contribution in [-0.2, 0) is 16.1 Å². The summed E-state index contributed by atoms with van der Waals surface area (Å²) in [5, 5.41) is 9.19. The minimum absolute atomic E-state index is 0.0548. The summed E-state index contributed by atoms with van der Waals surface area (Å²) in [6, 6.07) is 13.0. The lowest BCUT2D eigenvalue weighted by molar-refractivity contribution is -0.133. The second-order valence-corrected chi connectivity index (χ2v) is 5.18. The van der Waals surface area contributed by atoms with Crippen LogP contribution < -0.4 is 4.74 Å². The first kappa shape index (κ1) is 17.3. The summed E-state index contributed by atoms with van der Waals surface area (Å²) in [6.45, 7) is -0.00896. The van der Waals surface area contributed by atoms with Crippen LogP contribution in [0.1, 0.15) is 15.9 Å². The molecule has 2 rings (SSSR count). The molecule has 6 nitrogen and oxygen atoms in total. The summed E-state index contributed by atoms with van der Waals surface area (Å²) in [5.41, 5.74) is 1.13. The van der Waals surface area contributed by atoms with Gasteiger partial charge in [-0.2, -0.15) is 0 Å². The fourth-order valence-electron chi connectivity index (χ4n) is 2.10. The van der Waals surface area contributed by atoms with Crippen molar-refractivity contribution in [2.24, 2.45) is 0 Å². The Morgan fingerprint density at radius 2 is 1.75 bits per heavy atom. The first-order valence-corrected chi connectivity index (χ1v) is 7.33. The molecule has 0 bridgehead atoms. The number of likely N-dealkylation sites (N-methyl/N-ethyl adjacent to an activating group) is 1. The third-order valence-electron chi connectivity index (χ3n) is 3.46. The Balaban J connectivity index is 1.89. The van der Waals surface area contributed by atoms with Gasteiger partial charge in [-0.3, -0.25) is 4.79 Å². The molecule has 126 valence electrons. The van der Waals surface area contributed by atoms with Crippen molar-refractivity contribution in [1.82, 2.24) is 4.90 Å². The molecule has 0 aliphatic rings. The predicted molar refractivity (Wildman–Crippen MR) is 87.9 cm³/mol. The van der Waals surface area contributed by atoms with Gasteiger partial charge in [0.05, 0.1) is 12.7 Å². The normalized spacial score (nSPS) is 10.1. The number of rotatable bonds is 6. The van der Waals surface area contributed by atoms with Crippen LogP contribution in [-0.4, -0.2) is 42.6 Å². The number of nitrogens with zero attached hydrogens (tertiary/aromatic N) is 1. The zero-order valence-corrected chi connectivity index (χ0v) is 13.6. The minimum Gasteiger partial charge on any atom is -0.508 e. The lowest BCUT2D eigenvalue weighted by atomic mass is 10.2. The van der Waals surface area contributed by atoms with Gasteiger partial charge in [0.25, 0.3) is 5.91 Å². The molecule has 0 saturated carbocycles. The molecule has 0 radical (unpaired) electrons. The highest BCUT2D eigenvalue weighted by Gasteiger charge is 2.15. The number of hydrogen-bond donors (Lipinski definition) is 1. The average molecular weight is 329 g/mol. The van der Waals surface area contributed by atoms with E-state index in [1.807, 2.05) is 24.3 Å². The molecule has 1 N–H and O–H groups in total. The van der Waals surface area contributed by atoms with Crippen molar-refractivity contribution < 1.29 is 24.2 Å². The van der Waals surface area contributed by atoms with Gasteiger partial charge in [0, 0.05) is 19.2 Å². The van der Waals surface area contributed by atoms with Crippen LogP contribution in [0.25, 0.3) is 0 Å². The maximum atomic E-state index is 12.1. The SMILES string of the molecule is COc1ccccc1CN(C)C(=O)COC(=O)c1ccc(O)cc1. The van der Waals surface area contributed by atoms with E-state index in [-0.39, 0.29) is 23.8 Å². The number of hydrogen-bond acceptors (Lipinski definition) is 5. The van der Waals surface area contributed by atoms with Crippen molar-refractivity contribution in [3.05, 3.63) is 59.7 Å². The second kappa shape index (κ2) is 8.01. The standard InChI is InChI=1S/C18H19NO5/c1-19(11-14-5-3-4-6-16(14)23-2)17(21)12-24-18(22)13-7-9-15(20)10-8-13/h3-10,20H,11-12H2,1-2H3. The topological polar surface area (TPSA) is 76.1 Å². The Morgan fingerprint density at radius 3 is 2.42 bits per heavy atom. The van der Waals surface area contributed by atoms with Crippen LogP contribution in [0.15, 0.2) is 48.5 Å². The van der Waals surface area contributed by atoms with Crippen LogP contribution in [0, 0.1) is 0 Å². The number of esters is 1. The fourth-order valence-corrected chi connectivity index (χ4v) is 2.10. The van der Waals surface area contributed by atoms with E-state index in [0.29, 0.717) is 12.3 Å². The summed E-state index contributed by atoms with van der Waals surface area (Å²) in [5.74, 6) is -0.195. The van der Waals surface area contributed by atoms with Gasteiger partial charge >= 0.3 is 5.97 Å². The molecule has 6 heteroatoms. The number of carbonyl (C=O) groups excluding carboxylic acids is 2. The van der Waals surface area contributed by atoms with E-state index in [0.717, 1.165) is 5.56 Å². The molecule has 0 fully saturated rings. The van der Waals surface area contributed by atoms with E-state index in [4.69, 9.17) is 9.47 Å². The number of benzene rings is 2. The third-order valence-corrected chi connectivity index (χ3v) is 3.46. The van der Waals surface area contributed by atoms with E-state index >= 15 is 0 Å². The van der Waals surface area contributed by atoms with Gasteiger partial charge in [0.1, 0.15) is 11.5 Å². The number of amides is 1. The number of phenols is 1. The molecule has 0 aliphatic heterocycles. The predicted octanol–water partition coefficient (Wildman–Crippen LogP) is 2.22. The van der Waals surface area contributed by atoms with Gasteiger partial charge in [0.15, 0.2) is 6.61 Å². The van der Waals surface area contributed by atoms with E-state index < -0.39 is 5.97 Å². The molecule has 0 aliphatic carbocycles. The molecule has 0 unspecified atom stereocenters. The monoisotopic (exact) mass is 329 g/mol. The number of phenolic OH excluding ortho intramolecular Hbond substituents is 1. The van der Waals surface area contributed by atoms with Crippen LogP contribution >= 0.6 is 0 Å². The number of ether oxygens (including phenoxy) is 2. The van der Waals surface area contributed by atoms with Crippen molar-refractivity contribution in [3.8, 4) is 11.5 Å². The van der Waals surface area contributed by atoms with Gasteiger partial charge in [-0.15, -0.1) is 0 Å². The fraction of sp³-hybridized carbons (Fsp3) is 0.222. The van der Waals surface area contributed by atoms with Gasteiger partial charge in [-0.1, -0.05) is 18.2 Å². The van der Waals surface area contributed by atoms with E-state index in [9.17, 15) is 14.7 Å². The molecule has 0 aromatic heterocycles. The van der Waals surface area contributed by atoms with E-state index in [1.54, 1.807) is 14.2 Å². The van der Waals surface area contributed by atoms with Crippen LogP contribution in [0.2, 0.25) is 0 Å². The Kier molecular flexibility index (Phi) is 5.78. The Hall–Kier alpha value is -3.02. The van der Waals surface area contributed by atoms with Gasteiger partial charge < -0.3 is 19.5 Å². The van der Waals surface area contributed by atoms with Gasteiger partial charge in [0.2, 0.25) is 0 Å². The Morgan fingerprint density at radius 1 is 1.08 bits per heavy atom. The van der Waals surface area contributed by atoms with Gasteiger partial charge in [-0.25, -0.2) is 4.79 Å². The van der Waals surface area contributed by atoms with Crippen LogP contribution in [0.3, 0.4) is 0 Å². The summed E-state index contributed by atoms with van der Waals surface area (Å²) in [6.07, 6.45) is 0. The smallest absolute Gasteiger partial charge is 0.338 e. The lowest BCUT2D eigenvalue weighted by Gasteiger charge is -2.18. The summed E-state index contributed by atoms with van der Waals surface area (Å²) < 4.78 is 10.2. The van der Waals surface area contributed by atoms with Crippen molar-refractivity contribution in [3.63, 3.8) is 0 Å². The molecule has 0 saturated heterocycles. The van der Waals surface area contributed by atoms with E-state index in [2.05, 4.69) is 0 Å². The Bertz CT molecular complexity index is 712. The summed E-state index contributed by atoms with van der Waals surface area (Å²) in [7, 11) is 3.20. The number of para-hydroxylation sites is 1. The van der Waals surface area contributed by atoms with E-state index in [1.165, 1.54) is 29.2 Å². The third kappa shape index (κ3) is 4.49. The highest BCUT2D eigenvalue weighted by molar-refractivity contribution is 5.91. The molecule has 0 atom stereocenters. The number of aromatic hydroxyl groups is 1. The molecular formula is C18H19NO5. The highest BCUT2D eigenvalue weighted by atomic mass is 16.5. The highest BCUT2D eigenvalue weighted by Crippen LogP contribution is 2.18. The minimum atomic E-state index is -0.617. The average Bonchev–Trinajstić information content (AvgIpc) is 2.60. The van der Waals surface area contributed by atoms with Crippen LogP contribution in [0.5, 0.6) is 11.5 Å². The summed E-state index contributed by atoms with van der Waals surface area (Å²) >= 11 is 0. The largest absolute Gasteiger partial charge is 0.508 e. The number of carbonyl (C=O) groups is 2. The van der Waals surface area contributed by atoms with Crippen molar-refractivity contribution in [1.29, 1.82) is 0 Å². The molecule has 0 heterocycles. The van der Waals surface area contributed by atoms with Crippen molar-refractivity contribution in [2.75, 3.05) is 20.8 Å². The summed E-state index contributed by atoms with van der Waals surface area (Å²) in [4.78, 5) is 25.4. The zero-order chi connectivity index (χ0) is 17.5. The maximum Gasteiger partial charge on any atom is 0.338 e. The number of methoxy groups -OCH3 is 1. The molecule has 2 aromatic carbocycles. The van der Waals surface area contributed by atoms with Crippen molar-refractivity contribution >= 4 is 11.9 Å². The first-order chi connectivity index (χ1) is 11.5. The second-order valence-electron chi connectivity index (χ2n) is 5.18. The first-order valence-electron chi connectivity index (χ1n) is 7.33. The molecule has 1 amide bonds. The molecular weight excluding hydrogens is 310 g/mol. The molecule has 0 spiro atoms. The quantitative estimate of drug-likeness (QED) is 0.822. The van der Waals surface area contributed by atoms with Crippen molar-refractivity contribution in [2.45, 2.75) is 6.54 Å². The maximum absolute atomic E-state index is 12.1. The molecule has 24 heavy (non-hydrogen) atoms. The Labute approximate surface area is 140 Å². The zero-order valence-electron chi connectivity index (χ0n) is 13.6. The lowest BCUT2D eigenvalue weighted by Crippen LogP contribution is -2.31. The van der Waals surface area contributed by atoms with Crippen LogP contribution in [0.4, 0.5) is 0 Å². The van der Waals surface area contributed by atoms with Gasteiger partial charge in [-0.05, 0) is 30.3 Å².